The van der Waals surface area contributed by atoms with E-state index in [-0.39, 0.29) is 5.92 Å². The fourth-order valence-electron chi connectivity index (χ4n) is 2.30. The van der Waals surface area contributed by atoms with Crippen molar-refractivity contribution in [3.63, 3.8) is 0 Å². The van der Waals surface area contributed by atoms with Crippen molar-refractivity contribution in [3.8, 4) is 6.07 Å². The number of hydrogen-bond donors (Lipinski definition) is 1. The van der Waals surface area contributed by atoms with Gasteiger partial charge in [0.2, 0.25) is 0 Å². The summed E-state index contributed by atoms with van der Waals surface area (Å²) < 4.78 is 5.62. The minimum atomic E-state index is 0.181. The Morgan fingerprint density at radius 3 is 2.94 bits per heavy atom. The van der Waals surface area contributed by atoms with Crippen LogP contribution in [0.1, 0.15) is 37.7 Å². The number of hydrogen-bond acceptors (Lipinski definition) is 3. The monoisotopic (exact) mass is 218 g/mol. The zero-order chi connectivity index (χ0) is 11.4. The average Bonchev–Trinajstić information content (AvgIpc) is 2.94. The number of nitrogens with one attached hydrogen (secondary N) is 1. The second-order valence-electron chi connectivity index (χ2n) is 4.38. The molecule has 0 aliphatic heterocycles. The standard InChI is InChI=1S/C13H18N2O/c1-2-11-6-7-12(16-11)9-15-13-5-3-4-10(13)8-14/h6-7,10,13,15H,2-5,9H2,1H3. The van der Waals surface area contributed by atoms with E-state index in [9.17, 15) is 0 Å². The summed E-state index contributed by atoms with van der Waals surface area (Å²) >= 11 is 0. The Hall–Kier alpha value is -1.27. The summed E-state index contributed by atoms with van der Waals surface area (Å²) in [6.07, 6.45) is 4.24. The molecule has 1 fully saturated rings. The maximum absolute atomic E-state index is 8.96. The predicted octanol–water partition coefficient (Wildman–Crippen LogP) is 2.62. The first-order chi connectivity index (χ1) is 7.83. The molecule has 0 spiro atoms. The maximum atomic E-state index is 8.96. The predicted molar refractivity (Wildman–Crippen MR) is 61.7 cm³/mol. The maximum Gasteiger partial charge on any atom is 0.117 e. The fraction of sp³-hybridized carbons (Fsp3) is 0.615. The summed E-state index contributed by atoms with van der Waals surface area (Å²) in [5.74, 6) is 2.18. The van der Waals surface area contributed by atoms with Crippen molar-refractivity contribution in [1.82, 2.24) is 5.32 Å². The van der Waals surface area contributed by atoms with Crippen LogP contribution in [0.4, 0.5) is 0 Å². The van der Waals surface area contributed by atoms with Crippen LogP contribution in [0.25, 0.3) is 0 Å². The van der Waals surface area contributed by atoms with Crippen molar-refractivity contribution in [1.29, 1.82) is 5.26 Å². The average molecular weight is 218 g/mol. The topological polar surface area (TPSA) is 49.0 Å². The van der Waals surface area contributed by atoms with Gasteiger partial charge in [0.15, 0.2) is 0 Å². The Labute approximate surface area is 96.4 Å². The number of nitriles is 1. The molecule has 1 N–H and O–H groups in total. The van der Waals surface area contributed by atoms with Crippen LogP contribution >= 0.6 is 0 Å². The van der Waals surface area contributed by atoms with Crippen LogP contribution in [0, 0.1) is 17.2 Å². The molecule has 1 aromatic heterocycles. The molecule has 0 bridgehead atoms. The molecule has 1 aromatic rings. The summed E-state index contributed by atoms with van der Waals surface area (Å²) in [7, 11) is 0. The largest absolute Gasteiger partial charge is 0.465 e. The minimum absolute atomic E-state index is 0.181. The second-order valence-corrected chi connectivity index (χ2v) is 4.38. The molecule has 3 heteroatoms. The lowest BCUT2D eigenvalue weighted by molar-refractivity contribution is 0.406. The zero-order valence-electron chi connectivity index (χ0n) is 9.70. The van der Waals surface area contributed by atoms with Gasteiger partial charge < -0.3 is 9.73 Å². The van der Waals surface area contributed by atoms with Gasteiger partial charge in [0, 0.05) is 12.5 Å². The summed E-state index contributed by atoms with van der Waals surface area (Å²) in [5.41, 5.74) is 0. The first kappa shape index (κ1) is 11.2. The normalized spacial score (nSPS) is 24.5. The van der Waals surface area contributed by atoms with Crippen LogP contribution in [0.3, 0.4) is 0 Å². The molecule has 16 heavy (non-hydrogen) atoms. The van der Waals surface area contributed by atoms with Crippen molar-refractivity contribution >= 4 is 0 Å². The van der Waals surface area contributed by atoms with Crippen LogP contribution in [0.2, 0.25) is 0 Å². The quantitative estimate of drug-likeness (QED) is 0.845. The highest BCUT2D eigenvalue weighted by Gasteiger charge is 2.26. The lowest BCUT2D eigenvalue weighted by Gasteiger charge is -2.14. The van der Waals surface area contributed by atoms with Crippen molar-refractivity contribution in [2.45, 2.75) is 45.2 Å². The first-order valence-corrected chi connectivity index (χ1v) is 6.04. The molecule has 2 atom stereocenters. The van der Waals surface area contributed by atoms with E-state index in [4.69, 9.17) is 9.68 Å². The summed E-state index contributed by atoms with van der Waals surface area (Å²) in [6, 6.07) is 6.76. The van der Waals surface area contributed by atoms with Crippen molar-refractivity contribution < 1.29 is 4.42 Å². The Kier molecular flexibility index (Phi) is 3.63. The van der Waals surface area contributed by atoms with E-state index in [2.05, 4.69) is 18.3 Å². The Balaban J connectivity index is 1.85. The smallest absolute Gasteiger partial charge is 0.117 e. The summed E-state index contributed by atoms with van der Waals surface area (Å²) in [4.78, 5) is 0. The van der Waals surface area contributed by atoms with Gasteiger partial charge in [-0.15, -0.1) is 0 Å². The number of rotatable bonds is 4. The Morgan fingerprint density at radius 2 is 2.25 bits per heavy atom. The molecule has 2 rings (SSSR count). The number of aryl methyl sites for hydroxylation is 1. The summed E-state index contributed by atoms with van der Waals surface area (Å²) in [6.45, 7) is 2.82. The van der Waals surface area contributed by atoms with Crippen molar-refractivity contribution in [2.75, 3.05) is 0 Å². The van der Waals surface area contributed by atoms with E-state index < -0.39 is 0 Å². The fourth-order valence-corrected chi connectivity index (χ4v) is 2.30. The van der Waals surface area contributed by atoms with Gasteiger partial charge in [-0.25, -0.2) is 0 Å². The number of nitrogens with zero attached hydrogens (tertiary/aromatic N) is 1. The van der Waals surface area contributed by atoms with Crippen molar-refractivity contribution in [3.05, 3.63) is 23.7 Å². The van der Waals surface area contributed by atoms with Gasteiger partial charge in [0.25, 0.3) is 0 Å². The van der Waals surface area contributed by atoms with Crippen molar-refractivity contribution in [2.24, 2.45) is 5.92 Å². The van der Waals surface area contributed by atoms with Gasteiger partial charge in [-0.05, 0) is 25.0 Å². The molecule has 0 radical (unpaired) electrons. The SMILES string of the molecule is CCc1ccc(CNC2CCCC2C#N)o1. The molecule has 86 valence electrons. The van der Waals surface area contributed by atoms with Gasteiger partial charge >= 0.3 is 0 Å². The highest BCUT2D eigenvalue weighted by atomic mass is 16.3. The van der Waals surface area contributed by atoms with Crippen LogP contribution in [-0.4, -0.2) is 6.04 Å². The van der Waals surface area contributed by atoms with Gasteiger partial charge in [0.1, 0.15) is 11.5 Å². The van der Waals surface area contributed by atoms with Gasteiger partial charge in [0.05, 0.1) is 18.5 Å². The summed E-state index contributed by atoms with van der Waals surface area (Å²) in [5, 5.41) is 12.4. The second kappa shape index (κ2) is 5.18. The molecule has 1 aliphatic carbocycles. The van der Waals surface area contributed by atoms with E-state index in [0.29, 0.717) is 6.04 Å². The van der Waals surface area contributed by atoms with E-state index in [1.807, 2.05) is 12.1 Å². The molecule has 0 aromatic carbocycles. The number of furan rings is 1. The minimum Gasteiger partial charge on any atom is -0.465 e. The van der Waals surface area contributed by atoms with Gasteiger partial charge in [-0.3, -0.25) is 0 Å². The van der Waals surface area contributed by atoms with E-state index in [1.54, 1.807) is 0 Å². The highest BCUT2D eigenvalue weighted by Crippen LogP contribution is 2.25. The molecule has 1 aliphatic rings. The third-order valence-corrected chi connectivity index (χ3v) is 3.29. The third-order valence-electron chi connectivity index (χ3n) is 3.29. The molecule has 0 saturated heterocycles. The lowest BCUT2D eigenvalue weighted by Crippen LogP contribution is -2.31. The molecule has 3 nitrogen and oxygen atoms in total. The van der Waals surface area contributed by atoms with Crippen LogP contribution < -0.4 is 5.32 Å². The lowest BCUT2D eigenvalue weighted by atomic mass is 10.1. The van der Waals surface area contributed by atoms with Crippen LogP contribution in [-0.2, 0) is 13.0 Å². The zero-order valence-corrected chi connectivity index (χ0v) is 9.70. The molecule has 2 unspecified atom stereocenters. The Morgan fingerprint density at radius 1 is 1.44 bits per heavy atom. The molecule has 1 saturated carbocycles. The van der Waals surface area contributed by atoms with Crippen LogP contribution in [0.5, 0.6) is 0 Å². The van der Waals surface area contributed by atoms with Crippen LogP contribution in [0.15, 0.2) is 16.5 Å². The molecular weight excluding hydrogens is 200 g/mol. The van der Waals surface area contributed by atoms with E-state index >= 15 is 0 Å². The molecule has 0 amide bonds. The molecule has 1 heterocycles. The highest BCUT2D eigenvalue weighted by molar-refractivity contribution is 5.07. The van der Waals surface area contributed by atoms with E-state index in [0.717, 1.165) is 43.7 Å². The third kappa shape index (κ3) is 2.45. The molecular formula is C13H18N2O. The Bertz CT molecular complexity index is 378. The first-order valence-electron chi connectivity index (χ1n) is 6.04. The van der Waals surface area contributed by atoms with E-state index in [1.165, 1.54) is 0 Å². The van der Waals surface area contributed by atoms with Gasteiger partial charge in [-0.1, -0.05) is 13.3 Å². The van der Waals surface area contributed by atoms with Gasteiger partial charge in [-0.2, -0.15) is 5.26 Å².